The van der Waals surface area contributed by atoms with Crippen LogP contribution in [-0.4, -0.2) is 51.5 Å². The molecule has 1 aromatic carbocycles. The van der Waals surface area contributed by atoms with E-state index in [-0.39, 0.29) is 5.91 Å². The first kappa shape index (κ1) is 14.9. The number of aromatic nitrogens is 4. The van der Waals surface area contributed by atoms with Gasteiger partial charge in [-0.15, -0.1) is 5.10 Å². The number of imidazole rings is 1. The minimum absolute atomic E-state index is 0.0123. The van der Waals surface area contributed by atoms with Crippen molar-refractivity contribution < 1.29 is 9.53 Å². The van der Waals surface area contributed by atoms with E-state index in [2.05, 4.69) is 20.5 Å². The van der Waals surface area contributed by atoms with Crippen LogP contribution in [0.4, 0.5) is 0 Å². The number of rotatable bonds is 7. The first-order chi connectivity index (χ1) is 10.8. The van der Waals surface area contributed by atoms with Gasteiger partial charge >= 0.3 is 0 Å². The van der Waals surface area contributed by atoms with Crippen LogP contribution in [0, 0.1) is 0 Å². The number of carbonyl (C=O) groups is 1. The molecule has 2 heterocycles. The van der Waals surface area contributed by atoms with Gasteiger partial charge in [0.05, 0.1) is 16.8 Å². The van der Waals surface area contributed by atoms with E-state index in [1.54, 1.807) is 7.11 Å². The molecule has 0 unspecified atom stereocenters. The molecule has 2 N–H and O–H groups in total. The van der Waals surface area contributed by atoms with Gasteiger partial charge in [0.25, 0.3) is 0 Å². The molecule has 0 fully saturated rings. The fourth-order valence-corrected chi connectivity index (χ4v) is 2.95. The number of para-hydroxylation sites is 2. The minimum Gasteiger partial charge on any atom is -0.385 e. The molecule has 7 nitrogen and oxygen atoms in total. The molecule has 0 spiro atoms. The van der Waals surface area contributed by atoms with Crippen LogP contribution >= 0.6 is 11.8 Å². The van der Waals surface area contributed by atoms with E-state index in [0.717, 1.165) is 22.6 Å². The molecule has 0 saturated heterocycles. The van der Waals surface area contributed by atoms with E-state index >= 15 is 0 Å². The lowest BCUT2D eigenvalue weighted by Crippen LogP contribution is -2.26. The maximum atomic E-state index is 11.8. The average Bonchev–Trinajstić information content (AvgIpc) is 3.08. The van der Waals surface area contributed by atoms with Crippen LogP contribution < -0.4 is 5.32 Å². The summed E-state index contributed by atoms with van der Waals surface area (Å²) in [5.41, 5.74) is 1.89. The molecule has 0 aliphatic carbocycles. The maximum absolute atomic E-state index is 11.8. The molecule has 3 rings (SSSR count). The zero-order valence-electron chi connectivity index (χ0n) is 12.2. The number of H-pyrrole nitrogens is 1. The van der Waals surface area contributed by atoms with Crippen LogP contribution in [0.2, 0.25) is 0 Å². The summed E-state index contributed by atoms with van der Waals surface area (Å²) in [5.74, 6) is 0.991. The van der Waals surface area contributed by atoms with Crippen LogP contribution in [0.25, 0.3) is 16.8 Å². The lowest BCUT2D eigenvalue weighted by atomic mass is 10.3. The molecular formula is C14H17N5O2S. The summed E-state index contributed by atoms with van der Waals surface area (Å²) in [6.45, 7) is 1.27. The summed E-state index contributed by atoms with van der Waals surface area (Å²) in [6.07, 6.45) is 0.811. The molecule has 0 aliphatic heterocycles. The van der Waals surface area contributed by atoms with Crippen molar-refractivity contribution in [3.05, 3.63) is 24.3 Å². The summed E-state index contributed by atoms with van der Waals surface area (Å²) < 4.78 is 6.87. The number of hydrogen-bond acceptors (Lipinski definition) is 5. The van der Waals surface area contributed by atoms with E-state index in [1.807, 2.05) is 28.7 Å². The number of benzene rings is 1. The summed E-state index contributed by atoms with van der Waals surface area (Å²) in [5, 5.41) is 10.7. The van der Waals surface area contributed by atoms with Gasteiger partial charge in [0.1, 0.15) is 0 Å². The SMILES string of the molecule is COCCCNC(=O)CSc1n[nH]c2nc3ccccc3n12. The van der Waals surface area contributed by atoms with Crippen LogP contribution in [0.1, 0.15) is 6.42 Å². The number of ether oxygens (including phenoxy) is 1. The highest BCUT2D eigenvalue weighted by molar-refractivity contribution is 7.99. The van der Waals surface area contributed by atoms with E-state index in [9.17, 15) is 4.79 Å². The van der Waals surface area contributed by atoms with Gasteiger partial charge in [-0.3, -0.25) is 9.20 Å². The number of nitrogens with one attached hydrogen (secondary N) is 2. The monoisotopic (exact) mass is 319 g/mol. The summed E-state index contributed by atoms with van der Waals surface area (Å²) in [7, 11) is 1.65. The molecular weight excluding hydrogens is 302 g/mol. The lowest BCUT2D eigenvalue weighted by Gasteiger charge is -2.03. The Hall–Kier alpha value is -2.06. The maximum Gasteiger partial charge on any atom is 0.231 e. The molecule has 116 valence electrons. The third-order valence-electron chi connectivity index (χ3n) is 3.18. The molecule has 0 aliphatic rings. The third-order valence-corrected chi connectivity index (χ3v) is 4.12. The Bertz CT molecular complexity index is 782. The molecule has 3 aromatic rings. The second-order valence-corrected chi connectivity index (χ2v) is 5.69. The van der Waals surface area contributed by atoms with Crippen molar-refractivity contribution in [1.29, 1.82) is 0 Å². The van der Waals surface area contributed by atoms with Crippen molar-refractivity contribution in [3.63, 3.8) is 0 Å². The Labute approximate surface area is 131 Å². The predicted octanol–water partition coefficient (Wildman–Crippen LogP) is 1.46. The fraction of sp³-hybridized carbons (Fsp3) is 0.357. The molecule has 0 bridgehead atoms. The van der Waals surface area contributed by atoms with Crippen molar-refractivity contribution in [1.82, 2.24) is 24.9 Å². The van der Waals surface area contributed by atoms with Gasteiger partial charge in [-0.05, 0) is 18.6 Å². The number of nitrogens with zero attached hydrogens (tertiary/aromatic N) is 3. The largest absolute Gasteiger partial charge is 0.385 e. The lowest BCUT2D eigenvalue weighted by molar-refractivity contribution is -0.118. The Kier molecular flexibility index (Phi) is 4.59. The zero-order chi connectivity index (χ0) is 15.4. The highest BCUT2D eigenvalue weighted by Gasteiger charge is 2.13. The molecule has 1 amide bonds. The summed E-state index contributed by atoms with van der Waals surface area (Å²) in [6, 6.07) is 7.84. The van der Waals surface area contributed by atoms with Gasteiger partial charge in [-0.25, -0.2) is 10.1 Å². The Morgan fingerprint density at radius 1 is 1.45 bits per heavy atom. The second-order valence-electron chi connectivity index (χ2n) is 4.75. The van der Waals surface area contributed by atoms with Gasteiger partial charge in [0.2, 0.25) is 11.7 Å². The number of fused-ring (bicyclic) bond motifs is 3. The Balaban J connectivity index is 1.65. The third kappa shape index (κ3) is 3.07. The summed E-state index contributed by atoms with van der Waals surface area (Å²) in [4.78, 5) is 16.3. The smallest absolute Gasteiger partial charge is 0.231 e. The van der Waals surface area contributed by atoms with Gasteiger partial charge in [-0.2, -0.15) is 0 Å². The predicted molar refractivity (Wildman–Crippen MR) is 85.1 cm³/mol. The van der Waals surface area contributed by atoms with E-state index in [4.69, 9.17) is 4.74 Å². The number of amides is 1. The normalized spacial score (nSPS) is 11.3. The van der Waals surface area contributed by atoms with Crippen molar-refractivity contribution in [2.24, 2.45) is 0 Å². The van der Waals surface area contributed by atoms with Crippen molar-refractivity contribution in [2.45, 2.75) is 11.6 Å². The average molecular weight is 319 g/mol. The summed E-state index contributed by atoms with van der Waals surface area (Å²) >= 11 is 1.39. The molecule has 2 aromatic heterocycles. The van der Waals surface area contributed by atoms with Gasteiger partial charge in [0.15, 0.2) is 5.16 Å². The number of methoxy groups -OCH3 is 1. The number of thioether (sulfide) groups is 1. The topological polar surface area (TPSA) is 84.3 Å². The highest BCUT2D eigenvalue weighted by Crippen LogP contribution is 2.22. The zero-order valence-corrected chi connectivity index (χ0v) is 13.0. The molecule has 0 atom stereocenters. The van der Waals surface area contributed by atoms with Crippen molar-refractivity contribution in [3.8, 4) is 0 Å². The van der Waals surface area contributed by atoms with Crippen molar-refractivity contribution >= 4 is 34.5 Å². The quantitative estimate of drug-likeness (QED) is 0.509. The van der Waals surface area contributed by atoms with Gasteiger partial charge < -0.3 is 10.1 Å². The van der Waals surface area contributed by atoms with Crippen LogP contribution in [0.5, 0.6) is 0 Å². The molecule has 8 heteroatoms. The van der Waals surface area contributed by atoms with E-state index in [0.29, 0.717) is 24.7 Å². The number of carbonyl (C=O) groups excluding carboxylic acids is 1. The molecule has 0 saturated carbocycles. The Morgan fingerprint density at radius 3 is 3.18 bits per heavy atom. The number of aromatic amines is 1. The number of hydrogen-bond donors (Lipinski definition) is 2. The standard InChI is InChI=1S/C14H17N5O2S/c1-21-8-4-7-15-12(20)9-22-14-18-17-13-16-10-5-2-3-6-11(10)19(13)14/h2-3,5-6H,4,7-9H2,1H3,(H,15,20)(H,16,17). The van der Waals surface area contributed by atoms with Crippen LogP contribution in [-0.2, 0) is 9.53 Å². The molecule has 0 radical (unpaired) electrons. The fourth-order valence-electron chi connectivity index (χ4n) is 2.16. The minimum atomic E-state index is -0.0123. The van der Waals surface area contributed by atoms with E-state index < -0.39 is 0 Å². The van der Waals surface area contributed by atoms with E-state index in [1.165, 1.54) is 11.8 Å². The Morgan fingerprint density at radius 2 is 2.32 bits per heavy atom. The van der Waals surface area contributed by atoms with Crippen LogP contribution in [0.3, 0.4) is 0 Å². The highest BCUT2D eigenvalue weighted by atomic mass is 32.2. The molecule has 22 heavy (non-hydrogen) atoms. The van der Waals surface area contributed by atoms with Crippen molar-refractivity contribution in [2.75, 3.05) is 26.0 Å². The van der Waals surface area contributed by atoms with Crippen LogP contribution in [0.15, 0.2) is 29.4 Å². The van der Waals surface area contributed by atoms with Gasteiger partial charge in [-0.1, -0.05) is 23.9 Å². The first-order valence-corrected chi connectivity index (χ1v) is 7.98. The first-order valence-electron chi connectivity index (χ1n) is 6.99. The second kappa shape index (κ2) is 6.80. The van der Waals surface area contributed by atoms with Gasteiger partial charge in [0, 0.05) is 20.3 Å².